The van der Waals surface area contributed by atoms with Crippen molar-refractivity contribution < 1.29 is 23.8 Å². The smallest absolute Gasteiger partial charge is 0.292 e. The van der Waals surface area contributed by atoms with Crippen LogP contribution in [0.2, 0.25) is 0 Å². The molecule has 112 valence electrons. The van der Waals surface area contributed by atoms with Crippen LogP contribution in [-0.2, 0) is 9.59 Å². The van der Waals surface area contributed by atoms with Crippen molar-refractivity contribution in [3.63, 3.8) is 0 Å². The minimum Gasteiger partial charge on any atom is -0.328 e. The Morgan fingerprint density at radius 1 is 1.14 bits per heavy atom. The summed E-state index contributed by atoms with van der Waals surface area (Å²) in [6.45, 7) is 3.74. The minimum absolute atomic E-state index is 0.0779. The number of anilines is 1. The number of likely N-dealkylation sites (N-methyl/N-ethyl adjacent to an activating group) is 1. The minimum atomic E-state index is -0.530. The molecule has 1 aromatic rings. The Hall–Kier alpha value is -1.79. The molecule has 2 fully saturated rings. The first-order valence-electron chi connectivity index (χ1n) is 7.35. The van der Waals surface area contributed by atoms with Crippen LogP contribution in [0.3, 0.4) is 0 Å². The van der Waals surface area contributed by atoms with E-state index in [4.69, 9.17) is 0 Å². The first-order chi connectivity index (χ1) is 10.1. The summed E-state index contributed by atoms with van der Waals surface area (Å²) in [5.74, 6) is -1.09. The highest BCUT2D eigenvalue weighted by Crippen LogP contribution is 2.24. The van der Waals surface area contributed by atoms with E-state index in [1.54, 1.807) is 12.1 Å². The lowest BCUT2D eigenvalue weighted by Gasteiger charge is -2.30. The van der Waals surface area contributed by atoms with Gasteiger partial charge in [-0.2, -0.15) is 0 Å². The Balaban J connectivity index is 1.81. The number of imide groups is 1. The molecule has 3 rings (SSSR count). The Morgan fingerprint density at radius 3 is 2.48 bits per heavy atom. The third-order valence-corrected chi connectivity index (χ3v) is 4.48. The zero-order valence-electron chi connectivity index (χ0n) is 12.1. The van der Waals surface area contributed by atoms with Crippen molar-refractivity contribution >= 4 is 17.5 Å². The topological polar surface area (TPSA) is 46.3 Å². The zero-order chi connectivity index (χ0) is 15.0. The number of rotatable bonds is 2. The van der Waals surface area contributed by atoms with E-state index in [-0.39, 0.29) is 30.0 Å². The lowest BCUT2D eigenvalue weighted by Crippen LogP contribution is -3.29. The number of para-hydroxylation sites is 1. The molecule has 0 aromatic heterocycles. The van der Waals surface area contributed by atoms with Crippen molar-refractivity contribution in [2.24, 2.45) is 0 Å². The fourth-order valence-corrected chi connectivity index (χ4v) is 3.18. The summed E-state index contributed by atoms with van der Waals surface area (Å²) >= 11 is 0. The van der Waals surface area contributed by atoms with Crippen LogP contribution in [0, 0.1) is 5.82 Å². The Morgan fingerprint density at radius 2 is 1.81 bits per heavy atom. The summed E-state index contributed by atoms with van der Waals surface area (Å²) in [5.41, 5.74) is 0.0779. The van der Waals surface area contributed by atoms with Gasteiger partial charge in [0.05, 0.1) is 19.2 Å². The predicted octanol–water partition coefficient (Wildman–Crippen LogP) is -2.13. The number of amides is 2. The number of carbonyl (C=O) groups is 2. The molecule has 0 unspecified atom stereocenters. The van der Waals surface area contributed by atoms with Gasteiger partial charge >= 0.3 is 0 Å². The summed E-state index contributed by atoms with van der Waals surface area (Å²) in [4.78, 5) is 28.4. The standard InChI is InChI=1S/C15H18FN3O2/c1-17-6-8-18(9-7-17)13-10-14(20)19(15(13)21)12-5-3-2-4-11(12)16/h2-5,13H,6-10H2,1H3/p+2/t13-/m0/s1. The van der Waals surface area contributed by atoms with Crippen LogP contribution in [0.1, 0.15) is 6.42 Å². The van der Waals surface area contributed by atoms with Crippen LogP contribution in [0.15, 0.2) is 24.3 Å². The lowest BCUT2D eigenvalue weighted by molar-refractivity contribution is -1.01. The molecule has 5 nitrogen and oxygen atoms in total. The maximum Gasteiger partial charge on any atom is 0.292 e. The highest BCUT2D eigenvalue weighted by Gasteiger charge is 2.47. The number of nitrogens with one attached hydrogen (secondary N) is 2. The number of hydrogen-bond donors (Lipinski definition) is 2. The molecule has 1 aromatic carbocycles. The Bertz CT molecular complexity index is 570. The summed E-state index contributed by atoms with van der Waals surface area (Å²) in [6, 6.07) is 5.59. The summed E-state index contributed by atoms with van der Waals surface area (Å²) in [7, 11) is 2.13. The van der Waals surface area contributed by atoms with Crippen LogP contribution in [0.5, 0.6) is 0 Å². The van der Waals surface area contributed by atoms with E-state index in [0.717, 1.165) is 36.0 Å². The van der Waals surface area contributed by atoms with Crippen molar-refractivity contribution in [1.82, 2.24) is 0 Å². The maximum absolute atomic E-state index is 13.9. The second kappa shape index (κ2) is 5.54. The molecule has 2 N–H and O–H groups in total. The normalized spacial score (nSPS) is 30.0. The van der Waals surface area contributed by atoms with E-state index in [9.17, 15) is 14.0 Å². The summed E-state index contributed by atoms with van der Waals surface area (Å²) in [5, 5.41) is 0. The average molecular weight is 293 g/mol. The molecule has 21 heavy (non-hydrogen) atoms. The SMILES string of the molecule is C[NH+]1CC[NH+]([C@H]2CC(=O)N(c3ccccc3F)C2=O)CC1. The molecule has 0 aliphatic carbocycles. The number of hydrogen-bond acceptors (Lipinski definition) is 2. The fraction of sp³-hybridized carbons (Fsp3) is 0.467. The number of nitrogens with zero attached hydrogens (tertiary/aromatic N) is 1. The molecule has 6 heteroatoms. The third kappa shape index (κ3) is 2.56. The first-order valence-corrected chi connectivity index (χ1v) is 7.35. The van der Waals surface area contributed by atoms with Gasteiger partial charge in [0.15, 0.2) is 6.04 Å². The van der Waals surface area contributed by atoms with E-state index in [0.29, 0.717) is 0 Å². The van der Waals surface area contributed by atoms with Gasteiger partial charge in [0, 0.05) is 0 Å². The van der Waals surface area contributed by atoms with Gasteiger partial charge in [-0.25, -0.2) is 9.29 Å². The molecule has 1 atom stereocenters. The Labute approximate surface area is 122 Å². The number of benzene rings is 1. The quantitative estimate of drug-likeness (QED) is 0.612. The molecule has 2 saturated heterocycles. The van der Waals surface area contributed by atoms with Crippen LogP contribution in [-0.4, -0.2) is 51.1 Å². The number of piperazine rings is 1. The van der Waals surface area contributed by atoms with E-state index in [2.05, 4.69) is 7.05 Å². The summed E-state index contributed by atoms with van der Waals surface area (Å²) < 4.78 is 13.9. The number of quaternary nitrogens is 2. The van der Waals surface area contributed by atoms with Gasteiger partial charge in [-0.1, -0.05) is 12.1 Å². The van der Waals surface area contributed by atoms with Gasteiger partial charge in [-0.3, -0.25) is 9.59 Å². The molecule has 0 radical (unpaired) electrons. The van der Waals surface area contributed by atoms with E-state index in [1.807, 2.05) is 0 Å². The van der Waals surface area contributed by atoms with Gasteiger partial charge in [0.2, 0.25) is 5.91 Å². The largest absolute Gasteiger partial charge is 0.328 e. The highest BCUT2D eigenvalue weighted by atomic mass is 19.1. The molecule has 0 spiro atoms. The second-order valence-corrected chi connectivity index (χ2v) is 5.89. The number of halogens is 1. The van der Waals surface area contributed by atoms with Gasteiger partial charge in [0.25, 0.3) is 5.91 Å². The molecule has 0 bridgehead atoms. The highest BCUT2D eigenvalue weighted by molar-refractivity contribution is 6.21. The molecular formula is C15H20FN3O2+2. The predicted molar refractivity (Wildman–Crippen MR) is 74.6 cm³/mol. The van der Waals surface area contributed by atoms with E-state index in [1.165, 1.54) is 17.0 Å². The number of carbonyl (C=O) groups excluding carboxylic acids is 2. The molecule has 2 amide bonds. The molecule has 2 aliphatic rings. The second-order valence-electron chi connectivity index (χ2n) is 5.89. The lowest BCUT2D eigenvalue weighted by atomic mass is 10.2. The maximum atomic E-state index is 13.9. The monoisotopic (exact) mass is 293 g/mol. The Kier molecular flexibility index (Phi) is 3.73. The molecule has 0 saturated carbocycles. The first kappa shape index (κ1) is 14.2. The van der Waals surface area contributed by atoms with Crippen molar-refractivity contribution in [3.05, 3.63) is 30.1 Å². The van der Waals surface area contributed by atoms with Crippen LogP contribution < -0.4 is 14.7 Å². The van der Waals surface area contributed by atoms with Crippen molar-refractivity contribution in [2.45, 2.75) is 12.5 Å². The van der Waals surface area contributed by atoms with Crippen LogP contribution in [0.25, 0.3) is 0 Å². The average Bonchev–Trinajstić information content (AvgIpc) is 2.76. The van der Waals surface area contributed by atoms with E-state index >= 15 is 0 Å². The molecule has 2 heterocycles. The van der Waals surface area contributed by atoms with Crippen molar-refractivity contribution in [1.29, 1.82) is 0 Å². The van der Waals surface area contributed by atoms with E-state index < -0.39 is 5.82 Å². The van der Waals surface area contributed by atoms with Gasteiger partial charge < -0.3 is 9.80 Å². The van der Waals surface area contributed by atoms with Crippen molar-refractivity contribution in [2.75, 3.05) is 38.1 Å². The third-order valence-electron chi connectivity index (χ3n) is 4.48. The fourth-order valence-electron chi connectivity index (χ4n) is 3.18. The van der Waals surface area contributed by atoms with Crippen LogP contribution in [0.4, 0.5) is 10.1 Å². The molecule has 2 aliphatic heterocycles. The summed E-state index contributed by atoms with van der Waals surface area (Å²) in [6.07, 6.45) is 0.182. The zero-order valence-corrected chi connectivity index (χ0v) is 12.1. The van der Waals surface area contributed by atoms with Gasteiger partial charge in [-0.15, -0.1) is 0 Å². The van der Waals surface area contributed by atoms with Crippen molar-refractivity contribution in [3.8, 4) is 0 Å². The molecular weight excluding hydrogens is 273 g/mol. The van der Waals surface area contributed by atoms with Gasteiger partial charge in [-0.05, 0) is 12.1 Å². The van der Waals surface area contributed by atoms with Gasteiger partial charge in [0.1, 0.15) is 32.0 Å². The van der Waals surface area contributed by atoms with Crippen LogP contribution >= 0.6 is 0 Å².